The van der Waals surface area contributed by atoms with Crippen molar-refractivity contribution in [2.45, 2.75) is 13.8 Å². The first-order valence-electron chi connectivity index (χ1n) is 4.39. The minimum atomic E-state index is -0.741. The Kier molecular flexibility index (Phi) is 3.28. The van der Waals surface area contributed by atoms with Crippen LogP contribution >= 0.6 is 0 Å². The average Bonchev–Trinajstić information content (AvgIpc) is 2.13. The number of hydrogen-bond donors (Lipinski definition) is 3. The summed E-state index contributed by atoms with van der Waals surface area (Å²) >= 11 is 0. The Morgan fingerprint density at radius 3 is 2.67 bits per heavy atom. The summed E-state index contributed by atoms with van der Waals surface area (Å²) in [6, 6.07) is 2.67. The molecule has 1 rings (SSSR count). The third-order valence-corrected chi connectivity index (χ3v) is 2.02. The van der Waals surface area contributed by atoms with Gasteiger partial charge in [-0.3, -0.25) is 0 Å². The molecule has 0 spiro atoms. The molecule has 0 aliphatic heterocycles. The first-order chi connectivity index (χ1) is 7.00. The van der Waals surface area contributed by atoms with Crippen molar-refractivity contribution < 1.29 is 9.90 Å². The van der Waals surface area contributed by atoms with Gasteiger partial charge < -0.3 is 10.8 Å². The number of benzene rings is 1. The number of carbonyl (C=O) groups is 1. The van der Waals surface area contributed by atoms with E-state index < -0.39 is 6.03 Å². The van der Waals surface area contributed by atoms with Gasteiger partial charge in [-0.1, -0.05) is 0 Å². The Morgan fingerprint density at radius 1 is 1.47 bits per heavy atom. The highest BCUT2D eigenvalue weighted by Gasteiger charge is 2.01. The molecule has 0 atom stereocenters. The van der Waals surface area contributed by atoms with Crippen LogP contribution < -0.4 is 11.2 Å². The van der Waals surface area contributed by atoms with Crippen LogP contribution in [0.2, 0.25) is 0 Å². The molecule has 0 aliphatic carbocycles. The number of nitrogens with one attached hydrogen (secondary N) is 1. The maximum Gasteiger partial charge on any atom is 0.332 e. The van der Waals surface area contributed by atoms with Gasteiger partial charge in [0.25, 0.3) is 0 Å². The molecule has 0 aromatic heterocycles. The van der Waals surface area contributed by atoms with E-state index in [4.69, 9.17) is 5.73 Å². The minimum Gasteiger partial charge on any atom is -0.507 e. The molecule has 2 amide bonds. The Balaban J connectivity index is 2.90. The standard InChI is InChI=1S/C10H13N3O2/c1-6-3-8(5-12-13-10(11)15)9(14)4-7(6)2/h3-5,14H,1-2H3,(H3,11,13,15). The van der Waals surface area contributed by atoms with E-state index in [0.717, 1.165) is 11.1 Å². The largest absolute Gasteiger partial charge is 0.507 e. The fraction of sp³-hybridized carbons (Fsp3) is 0.200. The first-order valence-corrected chi connectivity index (χ1v) is 4.39. The van der Waals surface area contributed by atoms with Crippen molar-refractivity contribution in [3.05, 3.63) is 28.8 Å². The topological polar surface area (TPSA) is 87.7 Å². The van der Waals surface area contributed by atoms with Gasteiger partial charge in [-0.2, -0.15) is 5.10 Å². The van der Waals surface area contributed by atoms with Crippen LogP contribution in [0, 0.1) is 13.8 Å². The molecule has 0 bridgehead atoms. The number of hydrogen-bond acceptors (Lipinski definition) is 3. The summed E-state index contributed by atoms with van der Waals surface area (Å²) in [5, 5.41) is 13.1. The van der Waals surface area contributed by atoms with Crippen LogP contribution in [-0.4, -0.2) is 17.4 Å². The molecular formula is C10H13N3O2. The Labute approximate surface area is 87.6 Å². The average molecular weight is 207 g/mol. The summed E-state index contributed by atoms with van der Waals surface area (Å²) in [4.78, 5) is 10.3. The number of urea groups is 1. The number of carbonyl (C=O) groups excluding carboxylic acids is 1. The number of rotatable bonds is 2. The molecule has 0 saturated heterocycles. The van der Waals surface area contributed by atoms with Gasteiger partial charge in [-0.25, -0.2) is 10.2 Å². The van der Waals surface area contributed by atoms with Crippen LogP contribution in [0.1, 0.15) is 16.7 Å². The van der Waals surface area contributed by atoms with Gasteiger partial charge in [-0.05, 0) is 37.1 Å². The quantitative estimate of drug-likeness (QED) is 0.499. The van der Waals surface area contributed by atoms with Crippen molar-refractivity contribution in [2.75, 3.05) is 0 Å². The predicted molar refractivity (Wildman–Crippen MR) is 57.9 cm³/mol. The van der Waals surface area contributed by atoms with Crippen molar-refractivity contribution in [3.63, 3.8) is 0 Å². The molecule has 15 heavy (non-hydrogen) atoms. The first kappa shape index (κ1) is 11.0. The maximum absolute atomic E-state index is 10.3. The fourth-order valence-electron chi connectivity index (χ4n) is 1.09. The van der Waals surface area contributed by atoms with Crippen molar-refractivity contribution in [1.82, 2.24) is 5.43 Å². The second kappa shape index (κ2) is 4.45. The summed E-state index contributed by atoms with van der Waals surface area (Å²) < 4.78 is 0. The van der Waals surface area contributed by atoms with Crippen LogP contribution in [0.15, 0.2) is 17.2 Å². The predicted octanol–water partition coefficient (Wildman–Crippen LogP) is 1.01. The van der Waals surface area contributed by atoms with Crippen molar-refractivity contribution in [3.8, 4) is 5.75 Å². The number of aryl methyl sites for hydroxylation is 2. The summed E-state index contributed by atoms with van der Waals surface area (Å²) in [7, 11) is 0. The van der Waals surface area contributed by atoms with Crippen molar-refractivity contribution >= 4 is 12.2 Å². The zero-order chi connectivity index (χ0) is 11.4. The third-order valence-electron chi connectivity index (χ3n) is 2.02. The zero-order valence-corrected chi connectivity index (χ0v) is 8.61. The molecule has 80 valence electrons. The third kappa shape index (κ3) is 2.98. The second-order valence-corrected chi connectivity index (χ2v) is 3.23. The van der Waals surface area contributed by atoms with E-state index in [1.165, 1.54) is 6.21 Å². The van der Waals surface area contributed by atoms with E-state index in [-0.39, 0.29) is 5.75 Å². The van der Waals surface area contributed by atoms with E-state index in [2.05, 4.69) is 10.5 Å². The lowest BCUT2D eigenvalue weighted by Crippen LogP contribution is -2.24. The Bertz CT molecular complexity index is 413. The van der Waals surface area contributed by atoms with Gasteiger partial charge in [0.05, 0.1) is 6.21 Å². The summed E-state index contributed by atoms with van der Waals surface area (Å²) in [5.74, 6) is 0.119. The highest BCUT2D eigenvalue weighted by Crippen LogP contribution is 2.19. The number of phenolic OH excluding ortho intramolecular Hbond substituents is 1. The van der Waals surface area contributed by atoms with Crippen LogP contribution in [0.3, 0.4) is 0 Å². The van der Waals surface area contributed by atoms with E-state index >= 15 is 0 Å². The van der Waals surface area contributed by atoms with E-state index in [1.54, 1.807) is 12.1 Å². The van der Waals surface area contributed by atoms with Crippen LogP contribution in [-0.2, 0) is 0 Å². The molecule has 0 saturated carbocycles. The van der Waals surface area contributed by atoms with Crippen LogP contribution in [0.25, 0.3) is 0 Å². The molecule has 1 aromatic rings. The summed E-state index contributed by atoms with van der Waals surface area (Å²) in [5.41, 5.74) is 9.44. The zero-order valence-electron chi connectivity index (χ0n) is 8.61. The molecule has 0 radical (unpaired) electrons. The molecular weight excluding hydrogens is 194 g/mol. The second-order valence-electron chi connectivity index (χ2n) is 3.23. The number of phenols is 1. The molecule has 0 aliphatic rings. The number of hydrazone groups is 1. The Hall–Kier alpha value is -2.04. The highest BCUT2D eigenvalue weighted by atomic mass is 16.3. The van der Waals surface area contributed by atoms with E-state index in [1.807, 2.05) is 13.8 Å². The molecule has 1 aromatic carbocycles. The minimum absolute atomic E-state index is 0.119. The van der Waals surface area contributed by atoms with Crippen LogP contribution in [0.5, 0.6) is 5.75 Å². The molecule has 0 heterocycles. The fourth-order valence-corrected chi connectivity index (χ4v) is 1.09. The Morgan fingerprint density at radius 2 is 2.07 bits per heavy atom. The molecule has 0 unspecified atom stereocenters. The van der Waals surface area contributed by atoms with Gasteiger partial charge >= 0.3 is 6.03 Å². The SMILES string of the molecule is Cc1cc(O)c(C=NNC(N)=O)cc1C. The number of aromatic hydroxyl groups is 1. The maximum atomic E-state index is 10.3. The van der Waals surface area contributed by atoms with Gasteiger partial charge in [0, 0.05) is 5.56 Å². The van der Waals surface area contributed by atoms with Gasteiger partial charge in [-0.15, -0.1) is 0 Å². The van der Waals surface area contributed by atoms with Gasteiger partial charge in [0.15, 0.2) is 0 Å². The molecule has 5 nitrogen and oxygen atoms in total. The number of nitrogens with two attached hydrogens (primary N) is 1. The monoisotopic (exact) mass is 207 g/mol. The molecule has 4 N–H and O–H groups in total. The molecule has 5 heteroatoms. The van der Waals surface area contributed by atoms with Gasteiger partial charge in [0.2, 0.25) is 0 Å². The smallest absolute Gasteiger partial charge is 0.332 e. The molecule has 0 fully saturated rings. The number of amides is 2. The van der Waals surface area contributed by atoms with Crippen molar-refractivity contribution in [1.29, 1.82) is 0 Å². The lowest BCUT2D eigenvalue weighted by Gasteiger charge is -2.04. The van der Waals surface area contributed by atoms with Gasteiger partial charge in [0.1, 0.15) is 5.75 Å². The number of nitrogens with zero attached hydrogens (tertiary/aromatic N) is 1. The summed E-state index contributed by atoms with van der Waals surface area (Å²) in [6.07, 6.45) is 1.34. The lowest BCUT2D eigenvalue weighted by molar-refractivity contribution is 0.249. The summed E-state index contributed by atoms with van der Waals surface area (Å²) in [6.45, 7) is 3.82. The normalized spacial score (nSPS) is 10.5. The van der Waals surface area contributed by atoms with E-state index in [9.17, 15) is 9.90 Å². The van der Waals surface area contributed by atoms with E-state index in [0.29, 0.717) is 5.56 Å². The highest BCUT2D eigenvalue weighted by molar-refractivity contribution is 5.85. The van der Waals surface area contributed by atoms with Crippen LogP contribution in [0.4, 0.5) is 4.79 Å². The lowest BCUT2D eigenvalue weighted by atomic mass is 10.1. The van der Waals surface area contributed by atoms with Crippen molar-refractivity contribution in [2.24, 2.45) is 10.8 Å². The number of primary amides is 1.